The Morgan fingerprint density at radius 2 is 1.55 bits per heavy atom. The van der Waals surface area contributed by atoms with Crippen molar-refractivity contribution in [3.63, 3.8) is 0 Å². The molecule has 1 amide bonds. The van der Waals surface area contributed by atoms with E-state index >= 15 is 0 Å². The number of imidazole rings is 1. The molecule has 1 aliphatic heterocycles. The molecule has 1 aromatic heterocycles. The molecule has 1 aromatic carbocycles. The molecular formula is C31H48BN3O7. The second kappa shape index (κ2) is 12.8. The van der Waals surface area contributed by atoms with E-state index in [0.29, 0.717) is 13.0 Å². The van der Waals surface area contributed by atoms with E-state index in [1.807, 2.05) is 52.0 Å². The van der Waals surface area contributed by atoms with Crippen LogP contribution in [-0.4, -0.2) is 63.9 Å². The molecule has 0 saturated carbocycles. The van der Waals surface area contributed by atoms with Gasteiger partial charge in [0.2, 0.25) is 5.95 Å². The minimum absolute atomic E-state index is 0.106. The Kier molecular flexibility index (Phi) is 10.2. The van der Waals surface area contributed by atoms with Gasteiger partial charge >= 0.3 is 19.3 Å². The standard InChI is InChI=1S/C31H48BN3O7/c1-12-13-24(38-21-22-14-16-23(17-15-22)32-41-30(8,9)31(10,11)42-32)20-35(27(37)40-29(5,6)7)25-33-18-19-34(25)26(36)39-28(2,3)4/h14-19,24H,12-13,20-21H2,1-11H3/t24-/m1/s1. The lowest BCUT2D eigenvalue weighted by Crippen LogP contribution is -2.44. The van der Waals surface area contributed by atoms with Gasteiger partial charge in [-0.05, 0) is 86.7 Å². The summed E-state index contributed by atoms with van der Waals surface area (Å²) in [4.78, 5) is 32.0. The molecule has 0 radical (unpaired) electrons. The number of carbonyl (C=O) groups is 2. The highest BCUT2D eigenvalue weighted by Crippen LogP contribution is 2.36. The monoisotopic (exact) mass is 585 g/mol. The quantitative estimate of drug-likeness (QED) is 0.326. The molecule has 42 heavy (non-hydrogen) atoms. The van der Waals surface area contributed by atoms with Crippen molar-refractivity contribution >= 4 is 30.7 Å². The molecular weight excluding hydrogens is 537 g/mol. The molecule has 0 bridgehead atoms. The fourth-order valence-corrected chi connectivity index (χ4v) is 4.22. The summed E-state index contributed by atoms with van der Waals surface area (Å²) in [7, 11) is -0.436. The molecule has 0 spiro atoms. The maximum absolute atomic E-state index is 13.4. The first-order valence-electron chi connectivity index (χ1n) is 14.6. The van der Waals surface area contributed by atoms with Gasteiger partial charge in [-0.1, -0.05) is 37.6 Å². The van der Waals surface area contributed by atoms with Gasteiger partial charge in [0.05, 0.1) is 30.5 Å². The van der Waals surface area contributed by atoms with Crippen molar-refractivity contribution in [1.29, 1.82) is 0 Å². The fourth-order valence-electron chi connectivity index (χ4n) is 4.22. The number of ether oxygens (including phenoxy) is 3. The highest BCUT2D eigenvalue weighted by atomic mass is 16.7. The summed E-state index contributed by atoms with van der Waals surface area (Å²) in [6.07, 6.45) is 2.81. The lowest BCUT2D eigenvalue weighted by atomic mass is 9.79. The Morgan fingerprint density at radius 1 is 0.976 bits per heavy atom. The average Bonchev–Trinajstić information content (AvgIpc) is 3.40. The number of nitrogens with zero attached hydrogens (tertiary/aromatic N) is 3. The van der Waals surface area contributed by atoms with E-state index in [2.05, 4.69) is 11.9 Å². The van der Waals surface area contributed by atoms with Crippen molar-refractivity contribution in [2.45, 2.75) is 124 Å². The van der Waals surface area contributed by atoms with Crippen molar-refractivity contribution in [3.05, 3.63) is 42.2 Å². The van der Waals surface area contributed by atoms with Crippen LogP contribution in [0.15, 0.2) is 36.7 Å². The summed E-state index contributed by atoms with van der Waals surface area (Å²) < 4.78 is 31.1. The predicted molar refractivity (Wildman–Crippen MR) is 163 cm³/mol. The molecule has 0 N–H and O–H groups in total. The summed E-state index contributed by atoms with van der Waals surface area (Å²) in [5.74, 6) is 0.106. The van der Waals surface area contributed by atoms with E-state index in [-0.39, 0.29) is 18.6 Å². The van der Waals surface area contributed by atoms with Crippen LogP contribution in [0.4, 0.5) is 15.5 Å². The largest absolute Gasteiger partial charge is 0.494 e. The van der Waals surface area contributed by atoms with Gasteiger partial charge in [-0.25, -0.2) is 24.0 Å². The van der Waals surface area contributed by atoms with Crippen LogP contribution in [0.3, 0.4) is 0 Å². The van der Waals surface area contributed by atoms with Gasteiger partial charge in [-0.3, -0.25) is 0 Å². The molecule has 2 heterocycles. The first-order chi connectivity index (χ1) is 19.3. The van der Waals surface area contributed by atoms with Gasteiger partial charge in [-0.15, -0.1) is 0 Å². The number of hydrogen-bond acceptors (Lipinski definition) is 8. The molecule has 10 nitrogen and oxygen atoms in total. The Bertz CT molecular complexity index is 1200. The lowest BCUT2D eigenvalue weighted by Gasteiger charge is -2.32. The summed E-state index contributed by atoms with van der Waals surface area (Å²) in [5.41, 5.74) is -0.390. The summed E-state index contributed by atoms with van der Waals surface area (Å²) >= 11 is 0. The van der Waals surface area contributed by atoms with Crippen molar-refractivity contribution in [3.8, 4) is 0 Å². The van der Waals surface area contributed by atoms with E-state index in [4.69, 9.17) is 23.5 Å². The zero-order valence-corrected chi connectivity index (χ0v) is 27.1. The van der Waals surface area contributed by atoms with Gasteiger partial charge in [0.1, 0.15) is 11.2 Å². The molecule has 11 heteroatoms. The van der Waals surface area contributed by atoms with Crippen molar-refractivity contribution in [2.75, 3.05) is 11.4 Å². The van der Waals surface area contributed by atoms with Crippen LogP contribution in [-0.2, 0) is 30.1 Å². The number of amides is 1. The third kappa shape index (κ3) is 8.81. The Balaban J connectivity index is 1.77. The van der Waals surface area contributed by atoms with Crippen LogP contribution in [0.1, 0.15) is 94.6 Å². The van der Waals surface area contributed by atoms with E-state index in [9.17, 15) is 9.59 Å². The molecule has 2 aromatic rings. The van der Waals surface area contributed by atoms with Crippen molar-refractivity contribution in [2.24, 2.45) is 0 Å². The minimum atomic E-state index is -0.751. The van der Waals surface area contributed by atoms with Gasteiger partial charge in [0.15, 0.2) is 0 Å². The maximum Gasteiger partial charge on any atom is 0.494 e. The van der Waals surface area contributed by atoms with Crippen LogP contribution in [0.2, 0.25) is 0 Å². The maximum atomic E-state index is 13.4. The Hall–Kier alpha value is -2.89. The molecule has 232 valence electrons. The van der Waals surface area contributed by atoms with Gasteiger partial charge in [0, 0.05) is 12.4 Å². The normalized spacial score (nSPS) is 17.2. The van der Waals surface area contributed by atoms with E-state index in [0.717, 1.165) is 17.4 Å². The molecule has 1 fully saturated rings. The first-order valence-corrected chi connectivity index (χ1v) is 14.6. The average molecular weight is 586 g/mol. The number of rotatable bonds is 9. The second-order valence-electron chi connectivity index (χ2n) is 13.7. The summed E-state index contributed by atoms with van der Waals surface area (Å²) in [6.45, 7) is 21.3. The number of benzene rings is 1. The smallest absolute Gasteiger partial charge is 0.443 e. The minimum Gasteiger partial charge on any atom is -0.443 e. The number of anilines is 1. The van der Waals surface area contributed by atoms with Crippen LogP contribution in [0.5, 0.6) is 0 Å². The number of carbonyl (C=O) groups excluding carboxylic acids is 2. The SMILES string of the molecule is CCC[C@H](CN(C(=O)OC(C)(C)C)c1nccn1C(=O)OC(C)(C)C)OCc1ccc(B2OC(C)(C)C(C)(C)O2)cc1. The molecule has 3 rings (SSSR count). The Morgan fingerprint density at radius 3 is 2.07 bits per heavy atom. The summed E-state index contributed by atoms with van der Waals surface area (Å²) in [6, 6.07) is 7.95. The number of aromatic nitrogens is 2. The molecule has 0 unspecified atom stereocenters. The first kappa shape index (κ1) is 33.6. The van der Waals surface area contributed by atoms with Gasteiger partial charge in [0.25, 0.3) is 0 Å². The molecule has 1 atom stereocenters. The van der Waals surface area contributed by atoms with Crippen molar-refractivity contribution < 1.29 is 33.1 Å². The zero-order chi connectivity index (χ0) is 31.5. The number of hydrogen-bond donors (Lipinski definition) is 0. The Labute approximate surface area is 251 Å². The van der Waals surface area contributed by atoms with Gasteiger partial charge < -0.3 is 23.5 Å². The van der Waals surface area contributed by atoms with Crippen LogP contribution >= 0.6 is 0 Å². The van der Waals surface area contributed by atoms with Crippen LogP contribution in [0.25, 0.3) is 0 Å². The van der Waals surface area contributed by atoms with Crippen molar-refractivity contribution in [1.82, 2.24) is 9.55 Å². The van der Waals surface area contributed by atoms with Crippen LogP contribution in [0, 0.1) is 0 Å². The third-order valence-electron chi connectivity index (χ3n) is 7.05. The third-order valence-corrected chi connectivity index (χ3v) is 7.05. The topological polar surface area (TPSA) is 101 Å². The van der Waals surface area contributed by atoms with E-state index in [1.165, 1.54) is 21.9 Å². The second-order valence-corrected chi connectivity index (χ2v) is 13.7. The zero-order valence-electron chi connectivity index (χ0n) is 27.1. The summed E-state index contributed by atoms with van der Waals surface area (Å²) in [5, 5.41) is 0. The fraction of sp³-hybridized carbons (Fsp3) is 0.645. The highest BCUT2D eigenvalue weighted by Gasteiger charge is 2.51. The van der Waals surface area contributed by atoms with E-state index in [1.54, 1.807) is 41.5 Å². The molecule has 1 aliphatic rings. The van der Waals surface area contributed by atoms with Gasteiger partial charge in [-0.2, -0.15) is 0 Å². The molecule has 1 saturated heterocycles. The molecule has 0 aliphatic carbocycles. The predicted octanol–water partition coefficient (Wildman–Crippen LogP) is 6.09. The lowest BCUT2D eigenvalue weighted by molar-refractivity contribution is 0.00578. The van der Waals surface area contributed by atoms with Crippen LogP contribution < -0.4 is 10.4 Å². The van der Waals surface area contributed by atoms with E-state index < -0.39 is 41.7 Å². The highest BCUT2D eigenvalue weighted by molar-refractivity contribution is 6.62.